The third kappa shape index (κ3) is 2.08. The second kappa shape index (κ2) is 3.72. The van der Waals surface area contributed by atoms with Gasteiger partial charge in [-0.05, 0) is 31.6 Å². The van der Waals surface area contributed by atoms with E-state index in [1.165, 1.54) is 6.92 Å². The number of halogens is 1. The van der Waals surface area contributed by atoms with Crippen molar-refractivity contribution in [2.45, 2.75) is 26.1 Å². The minimum Gasteiger partial charge on any atom is -0.491 e. The van der Waals surface area contributed by atoms with Gasteiger partial charge in [0.2, 0.25) is 0 Å². The molecule has 1 N–H and O–H groups in total. The molecule has 0 amide bonds. The molecule has 1 rings (SSSR count). The predicted octanol–water partition coefficient (Wildman–Crippen LogP) is 1.57. The maximum atomic E-state index is 12.6. The fraction of sp³-hybridized carbons (Fsp3) is 0.556. The van der Waals surface area contributed by atoms with Crippen LogP contribution in [0.25, 0.3) is 0 Å². The number of alkyl halides is 1. The van der Waals surface area contributed by atoms with Crippen LogP contribution >= 0.6 is 0 Å². The van der Waals surface area contributed by atoms with E-state index in [0.717, 1.165) is 5.57 Å². The standard InChI is InChI=1S/C9H13FO2/c1-6-3-4-12-8(5-6)9(11)7(2)10/h3,5,7,9,11H,4H2,1-2H3. The van der Waals surface area contributed by atoms with Gasteiger partial charge in [-0.15, -0.1) is 0 Å². The molecule has 0 radical (unpaired) electrons. The first-order valence-electron chi connectivity index (χ1n) is 3.94. The van der Waals surface area contributed by atoms with E-state index in [1.54, 1.807) is 6.08 Å². The van der Waals surface area contributed by atoms with Crippen LogP contribution in [0.5, 0.6) is 0 Å². The fourth-order valence-corrected chi connectivity index (χ4v) is 0.991. The van der Waals surface area contributed by atoms with E-state index >= 15 is 0 Å². The summed E-state index contributed by atoms with van der Waals surface area (Å²) in [6.07, 6.45) is 1.11. The van der Waals surface area contributed by atoms with Crippen molar-refractivity contribution >= 4 is 0 Å². The first-order chi connectivity index (χ1) is 5.61. The Morgan fingerprint density at radius 1 is 1.67 bits per heavy atom. The first-order valence-corrected chi connectivity index (χ1v) is 3.94. The average Bonchev–Trinajstić information content (AvgIpc) is 2.03. The Hall–Kier alpha value is -0.830. The van der Waals surface area contributed by atoms with Gasteiger partial charge in [0.15, 0.2) is 0 Å². The van der Waals surface area contributed by atoms with Gasteiger partial charge in [0.05, 0.1) is 0 Å². The SMILES string of the molecule is CC1=CCOC(C(O)C(C)F)=C1. The molecule has 2 atom stereocenters. The summed E-state index contributed by atoms with van der Waals surface area (Å²) in [4.78, 5) is 0. The van der Waals surface area contributed by atoms with Gasteiger partial charge in [-0.25, -0.2) is 4.39 Å². The summed E-state index contributed by atoms with van der Waals surface area (Å²) in [6, 6.07) is 0. The van der Waals surface area contributed by atoms with Crippen molar-refractivity contribution in [1.29, 1.82) is 0 Å². The highest BCUT2D eigenvalue weighted by Crippen LogP contribution is 2.17. The van der Waals surface area contributed by atoms with Gasteiger partial charge in [0.25, 0.3) is 0 Å². The van der Waals surface area contributed by atoms with Crippen LogP contribution in [0.3, 0.4) is 0 Å². The van der Waals surface area contributed by atoms with Crippen LogP contribution in [-0.4, -0.2) is 24.0 Å². The molecule has 0 bridgehead atoms. The summed E-state index contributed by atoms with van der Waals surface area (Å²) in [6.45, 7) is 3.61. The Labute approximate surface area is 71.3 Å². The largest absolute Gasteiger partial charge is 0.491 e. The van der Waals surface area contributed by atoms with Crippen LogP contribution in [0, 0.1) is 0 Å². The van der Waals surface area contributed by atoms with E-state index in [2.05, 4.69) is 0 Å². The molecule has 1 aliphatic heterocycles. The highest BCUT2D eigenvalue weighted by Gasteiger charge is 2.20. The zero-order valence-corrected chi connectivity index (χ0v) is 7.25. The van der Waals surface area contributed by atoms with Gasteiger partial charge >= 0.3 is 0 Å². The van der Waals surface area contributed by atoms with Gasteiger partial charge in [-0.2, -0.15) is 0 Å². The van der Waals surface area contributed by atoms with Crippen molar-refractivity contribution in [2.75, 3.05) is 6.61 Å². The monoisotopic (exact) mass is 172 g/mol. The molecular formula is C9H13FO2. The van der Waals surface area contributed by atoms with Gasteiger partial charge in [0, 0.05) is 0 Å². The number of ether oxygens (including phenoxy) is 1. The van der Waals surface area contributed by atoms with Gasteiger partial charge in [-0.3, -0.25) is 0 Å². The first kappa shape index (κ1) is 9.26. The lowest BCUT2D eigenvalue weighted by atomic mass is 10.1. The zero-order chi connectivity index (χ0) is 9.14. The Morgan fingerprint density at radius 2 is 2.33 bits per heavy atom. The Balaban J connectivity index is 2.69. The Kier molecular flexibility index (Phi) is 2.87. The molecule has 1 aliphatic rings. The molecule has 12 heavy (non-hydrogen) atoms. The molecular weight excluding hydrogens is 159 g/mol. The number of aliphatic hydroxyl groups excluding tert-OH is 1. The highest BCUT2D eigenvalue weighted by molar-refractivity contribution is 5.24. The molecule has 1 heterocycles. The molecule has 0 spiro atoms. The molecule has 0 saturated carbocycles. The summed E-state index contributed by atoms with van der Waals surface area (Å²) >= 11 is 0. The summed E-state index contributed by atoms with van der Waals surface area (Å²) in [5.41, 5.74) is 0.996. The molecule has 2 unspecified atom stereocenters. The second-order valence-corrected chi connectivity index (χ2v) is 2.93. The van der Waals surface area contributed by atoms with Gasteiger partial charge in [-0.1, -0.05) is 0 Å². The average molecular weight is 172 g/mol. The van der Waals surface area contributed by atoms with Crippen LogP contribution in [0.1, 0.15) is 13.8 Å². The van der Waals surface area contributed by atoms with Crippen molar-refractivity contribution in [1.82, 2.24) is 0 Å². The molecule has 3 heteroatoms. The molecule has 0 saturated heterocycles. The van der Waals surface area contributed by atoms with Crippen LogP contribution < -0.4 is 0 Å². The maximum absolute atomic E-state index is 12.6. The second-order valence-electron chi connectivity index (χ2n) is 2.93. The fourth-order valence-electron chi connectivity index (χ4n) is 0.991. The lowest BCUT2D eigenvalue weighted by Gasteiger charge is -2.19. The van der Waals surface area contributed by atoms with E-state index in [4.69, 9.17) is 4.74 Å². The summed E-state index contributed by atoms with van der Waals surface area (Å²) in [5, 5.41) is 9.27. The number of aliphatic hydroxyl groups is 1. The van der Waals surface area contributed by atoms with E-state index in [9.17, 15) is 9.50 Å². The van der Waals surface area contributed by atoms with Crippen molar-refractivity contribution < 1.29 is 14.2 Å². The third-order valence-corrected chi connectivity index (χ3v) is 1.75. The van der Waals surface area contributed by atoms with Crippen molar-refractivity contribution in [3.05, 3.63) is 23.5 Å². The van der Waals surface area contributed by atoms with E-state index in [-0.39, 0.29) is 0 Å². The topological polar surface area (TPSA) is 29.5 Å². The van der Waals surface area contributed by atoms with Crippen LogP contribution in [0.4, 0.5) is 4.39 Å². The normalized spacial score (nSPS) is 22.0. The number of hydrogen-bond donors (Lipinski definition) is 1. The van der Waals surface area contributed by atoms with Crippen LogP contribution in [0.2, 0.25) is 0 Å². The predicted molar refractivity (Wildman–Crippen MR) is 44.4 cm³/mol. The highest BCUT2D eigenvalue weighted by atomic mass is 19.1. The van der Waals surface area contributed by atoms with Crippen LogP contribution in [-0.2, 0) is 4.74 Å². The molecule has 0 aromatic heterocycles. The van der Waals surface area contributed by atoms with Crippen molar-refractivity contribution in [3.8, 4) is 0 Å². The smallest absolute Gasteiger partial charge is 0.142 e. The summed E-state index contributed by atoms with van der Waals surface area (Å²) < 4.78 is 17.7. The molecule has 68 valence electrons. The zero-order valence-electron chi connectivity index (χ0n) is 7.25. The van der Waals surface area contributed by atoms with Crippen molar-refractivity contribution in [3.63, 3.8) is 0 Å². The maximum Gasteiger partial charge on any atom is 0.142 e. The van der Waals surface area contributed by atoms with E-state index < -0.39 is 12.3 Å². The number of rotatable bonds is 2. The van der Waals surface area contributed by atoms with Gasteiger partial charge < -0.3 is 9.84 Å². The Bertz CT molecular complexity index is 219. The molecule has 0 aromatic carbocycles. The third-order valence-electron chi connectivity index (χ3n) is 1.75. The van der Waals surface area contributed by atoms with E-state index in [1.807, 2.05) is 13.0 Å². The molecule has 0 fully saturated rings. The summed E-state index contributed by atoms with van der Waals surface area (Å²) in [5.74, 6) is 0.324. The number of hydrogen-bond acceptors (Lipinski definition) is 2. The van der Waals surface area contributed by atoms with Gasteiger partial charge in [0.1, 0.15) is 24.6 Å². The molecule has 0 aliphatic carbocycles. The van der Waals surface area contributed by atoms with E-state index in [0.29, 0.717) is 12.4 Å². The van der Waals surface area contributed by atoms with Crippen molar-refractivity contribution in [2.24, 2.45) is 0 Å². The molecule has 2 nitrogen and oxygen atoms in total. The quantitative estimate of drug-likeness (QED) is 0.685. The molecule has 0 aromatic rings. The van der Waals surface area contributed by atoms with Crippen LogP contribution in [0.15, 0.2) is 23.5 Å². The minimum atomic E-state index is -1.29. The summed E-state index contributed by atoms with van der Waals surface area (Å²) in [7, 11) is 0. The lowest BCUT2D eigenvalue weighted by Crippen LogP contribution is -2.24. The minimum absolute atomic E-state index is 0.324. The Morgan fingerprint density at radius 3 is 2.83 bits per heavy atom. The lowest BCUT2D eigenvalue weighted by molar-refractivity contribution is 0.0570. The number of allylic oxidation sites excluding steroid dienone is 2.